The van der Waals surface area contributed by atoms with Crippen molar-refractivity contribution in [3.63, 3.8) is 0 Å². The smallest absolute Gasteiger partial charge is 0.137 e. The second-order valence-corrected chi connectivity index (χ2v) is 4.87. The van der Waals surface area contributed by atoms with Crippen LogP contribution in [0.5, 0.6) is 0 Å². The molecular formula is C14H10BrFN2. The maximum atomic E-state index is 12.7. The van der Waals surface area contributed by atoms with Gasteiger partial charge in [0, 0.05) is 6.20 Å². The summed E-state index contributed by atoms with van der Waals surface area (Å²) in [4.78, 5) is 4.24. The Kier molecular flexibility index (Phi) is 2.88. The lowest BCUT2D eigenvalue weighted by atomic mass is 10.1. The van der Waals surface area contributed by atoms with Gasteiger partial charge in [-0.1, -0.05) is 18.2 Å². The molecule has 2 heterocycles. The van der Waals surface area contributed by atoms with Crippen LogP contribution in [0.3, 0.4) is 0 Å². The SMILES string of the molecule is FCc1cccc(-c2ccc3ncc(Br)n3c2)c1. The topological polar surface area (TPSA) is 17.3 Å². The van der Waals surface area contributed by atoms with Gasteiger partial charge in [0.1, 0.15) is 16.9 Å². The molecule has 90 valence electrons. The van der Waals surface area contributed by atoms with E-state index in [9.17, 15) is 4.39 Å². The van der Waals surface area contributed by atoms with E-state index in [1.54, 1.807) is 12.3 Å². The van der Waals surface area contributed by atoms with E-state index >= 15 is 0 Å². The molecule has 0 N–H and O–H groups in total. The number of alkyl halides is 1. The van der Waals surface area contributed by atoms with Gasteiger partial charge in [-0.2, -0.15) is 0 Å². The molecule has 3 aromatic rings. The first kappa shape index (κ1) is 11.4. The Bertz CT molecular complexity index is 706. The third-order valence-electron chi connectivity index (χ3n) is 2.88. The van der Waals surface area contributed by atoms with Gasteiger partial charge in [0.15, 0.2) is 0 Å². The molecule has 0 atom stereocenters. The minimum atomic E-state index is -0.440. The minimum absolute atomic E-state index is 0.440. The normalized spacial score (nSPS) is 11.0. The summed E-state index contributed by atoms with van der Waals surface area (Å²) in [6, 6.07) is 11.4. The molecule has 0 amide bonds. The van der Waals surface area contributed by atoms with Gasteiger partial charge in [-0.3, -0.25) is 4.40 Å². The summed E-state index contributed by atoms with van der Waals surface area (Å²) in [7, 11) is 0. The molecule has 0 saturated carbocycles. The number of pyridine rings is 1. The highest BCUT2D eigenvalue weighted by Crippen LogP contribution is 2.23. The monoisotopic (exact) mass is 304 g/mol. The lowest BCUT2D eigenvalue weighted by molar-refractivity contribution is 0.485. The molecular weight excluding hydrogens is 295 g/mol. The van der Waals surface area contributed by atoms with Gasteiger partial charge in [0.25, 0.3) is 0 Å². The van der Waals surface area contributed by atoms with Gasteiger partial charge in [0.2, 0.25) is 0 Å². The van der Waals surface area contributed by atoms with E-state index in [1.807, 2.05) is 40.9 Å². The van der Waals surface area contributed by atoms with Gasteiger partial charge in [-0.25, -0.2) is 9.37 Å². The highest BCUT2D eigenvalue weighted by molar-refractivity contribution is 9.10. The molecule has 2 aromatic heterocycles. The maximum Gasteiger partial charge on any atom is 0.137 e. The van der Waals surface area contributed by atoms with Gasteiger partial charge in [-0.15, -0.1) is 0 Å². The van der Waals surface area contributed by atoms with Crippen molar-refractivity contribution in [2.75, 3.05) is 0 Å². The Morgan fingerprint density at radius 1 is 1.17 bits per heavy atom. The van der Waals surface area contributed by atoms with Gasteiger partial charge in [-0.05, 0) is 50.8 Å². The van der Waals surface area contributed by atoms with Gasteiger partial charge < -0.3 is 0 Å². The first-order chi connectivity index (χ1) is 8.78. The fourth-order valence-corrected chi connectivity index (χ4v) is 2.34. The molecule has 0 bridgehead atoms. The third kappa shape index (κ3) is 1.93. The summed E-state index contributed by atoms with van der Waals surface area (Å²) in [5.74, 6) is 0. The van der Waals surface area contributed by atoms with Crippen molar-refractivity contribution >= 4 is 21.6 Å². The van der Waals surface area contributed by atoms with Crippen LogP contribution in [0.1, 0.15) is 5.56 Å². The van der Waals surface area contributed by atoms with Crippen LogP contribution in [0.25, 0.3) is 16.8 Å². The summed E-state index contributed by atoms with van der Waals surface area (Å²) >= 11 is 3.44. The molecule has 0 fully saturated rings. The Morgan fingerprint density at radius 3 is 2.89 bits per heavy atom. The number of nitrogens with zero attached hydrogens (tertiary/aromatic N) is 2. The fraction of sp³-hybridized carbons (Fsp3) is 0.0714. The van der Waals surface area contributed by atoms with Crippen LogP contribution in [0.4, 0.5) is 4.39 Å². The summed E-state index contributed by atoms with van der Waals surface area (Å²) in [6.45, 7) is -0.440. The summed E-state index contributed by atoms with van der Waals surface area (Å²) in [6.07, 6.45) is 3.75. The van der Waals surface area contributed by atoms with Crippen LogP contribution in [-0.2, 0) is 6.67 Å². The second-order valence-electron chi connectivity index (χ2n) is 4.06. The zero-order valence-corrected chi connectivity index (χ0v) is 11.1. The molecule has 0 aliphatic carbocycles. The number of halogens is 2. The van der Waals surface area contributed by atoms with Gasteiger partial charge in [0.05, 0.1) is 6.20 Å². The average molecular weight is 305 g/mol. The highest BCUT2D eigenvalue weighted by Gasteiger charge is 2.04. The van der Waals surface area contributed by atoms with E-state index in [1.165, 1.54) is 0 Å². The van der Waals surface area contributed by atoms with E-state index in [-0.39, 0.29) is 0 Å². The van der Waals surface area contributed by atoms with Crippen LogP contribution in [0, 0.1) is 0 Å². The Morgan fingerprint density at radius 2 is 2.06 bits per heavy atom. The summed E-state index contributed by atoms with van der Waals surface area (Å²) in [5.41, 5.74) is 3.62. The van der Waals surface area contributed by atoms with E-state index < -0.39 is 6.67 Å². The fourth-order valence-electron chi connectivity index (χ4n) is 1.96. The van der Waals surface area contributed by atoms with E-state index in [0.717, 1.165) is 21.4 Å². The van der Waals surface area contributed by atoms with Crippen LogP contribution in [0.15, 0.2) is 53.4 Å². The van der Waals surface area contributed by atoms with E-state index in [0.29, 0.717) is 5.56 Å². The van der Waals surface area contributed by atoms with Crippen molar-refractivity contribution in [1.29, 1.82) is 0 Å². The number of benzene rings is 1. The molecule has 0 spiro atoms. The predicted molar refractivity (Wildman–Crippen MR) is 73.1 cm³/mol. The molecule has 0 radical (unpaired) electrons. The van der Waals surface area contributed by atoms with Crippen LogP contribution in [-0.4, -0.2) is 9.38 Å². The molecule has 1 aromatic carbocycles. The lowest BCUT2D eigenvalue weighted by Crippen LogP contribution is -1.88. The number of rotatable bonds is 2. The van der Waals surface area contributed by atoms with Crippen molar-refractivity contribution < 1.29 is 4.39 Å². The Hall–Kier alpha value is -1.68. The summed E-state index contributed by atoms with van der Waals surface area (Å²) in [5, 5.41) is 0. The molecule has 0 saturated heterocycles. The zero-order chi connectivity index (χ0) is 12.5. The maximum absolute atomic E-state index is 12.7. The van der Waals surface area contributed by atoms with E-state index in [4.69, 9.17) is 0 Å². The summed E-state index contributed by atoms with van der Waals surface area (Å²) < 4.78 is 15.5. The van der Waals surface area contributed by atoms with Gasteiger partial charge >= 0.3 is 0 Å². The first-order valence-corrected chi connectivity index (χ1v) is 6.35. The molecule has 2 nitrogen and oxygen atoms in total. The van der Waals surface area contributed by atoms with Crippen molar-refractivity contribution in [2.45, 2.75) is 6.67 Å². The number of hydrogen-bond donors (Lipinski definition) is 0. The number of imidazole rings is 1. The quantitative estimate of drug-likeness (QED) is 0.692. The van der Waals surface area contributed by atoms with Crippen molar-refractivity contribution in [3.05, 3.63) is 59.0 Å². The first-order valence-electron chi connectivity index (χ1n) is 5.56. The second kappa shape index (κ2) is 4.53. The van der Waals surface area contributed by atoms with Crippen LogP contribution < -0.4 is 0 Å². The number of hydrogen-bond acceptors (Lipinski definition) is 1. The standard InChI is InChI=1S/C14H10BrFN2/c15-13-8-17-14-5-4-12(9-18(13)14)11-3-1-2-10(6-11)7-16/h1-6,8-9H,7H2. The number of fused-ring (bicyclic) bond motifs is 1. The molecule has 3 rings (SSSR count). The van der Waals surface area contributed by atoms with E-state index in [2.05, 4.69) is 20.9 Å². The Labute approximate surface area is 112 Å². The van der Waals surface area contributed by atoms with Crippen molar-refractivity contribution in [3.8, 4) is 11.1 Å². The average Bonchev–Trinajstić information content (AvgIpc) is 2.80. The molecule has 0 unspecified atom stereocenters. The zero-order valence-electron chi connectivity index (χ0n) is 9.48. The Balaban J connectivity index is 2.15. The molecule has 0 aliphatic heterocycles. The van der Waals surface area contributed by atoms with Crippen LogP contribution >= 0.6 is 15.9 Å². The largest absolute Gasteiger partial charge is 0.294 e. The molecule has 4 heteroatoms. The molecule has 0 aliphatic rings. The number of aromatic nitrogens is 2. The third-order valence-corrected chi connectivity index (χ3v) is 3.46. The van der Waals surface area contributed by atoms with Crippen molar-refractivity contribution in [2.24, 2.45) is 0 Å². The van der Waals surface area contributed by atoms with Crippen LogP contribution in [0.2, 0.25) is 0 Å². The minimum Gasteiger partial charge on any atom is -0.294 e. The van der Waals surface area contributed by atoms with Crippen molar-refractivity contribution in [1.82, 2.24) is 9.38 Å². The molecule has 18 heavy (non-hydrogen) atoms. The predicted octanol–water partition coefficient (Wildman–Crippen LogP) is 4.23. The highest BCUT2D eigenvalue weighted by atomic mass is 79.9. The lowest BCUT2D eigenvalue weighted by Gasteiger charge is -2.05.